The smallest absolute Gasteiger partial charge is 0.325 e. The Balaban J connectivity index is 2.70. The molecule has 14 heavy (non-hydrogen) atoms. The highest BCUT2D eigenvalue weighted by Crippen LogP contribution is 2.29. The number of carbonyl (C=O) groups excluding carboxylic acids is 2. The number of carbonyl (C=O) groups is 2. The molecule has 80 valence electrons. The molecule has 0 aromatic heterocycles. The number of esters is 1. The number of ether oxygens (including phenoxy) is 1. The van der Waals surface area contributed by atoms with Crippen LogP contribution in [0.1, 0.15) is 20.8 Å². The number of rotatable bonds is 2. The Morgan fingerprint density at radius 2 is 2.00 bits per heavy atom. The summed E-state index contributed by atoms with van der Waals surface area (Å²) in [6.07, 6.45) is 0. The standard InChI is InChI=1S/C10H17NO3/c1-6-7(2)10(13)11(8(6)3)5-9(12)14-4/h6-8H,5H2,1-4H3. The van der Waals surface area contributed by atoms with E-state index in [-0.39, 0.29) is 30.4 Å². The van der Waals surface area contributed by atoms with Gasteiger partial charge in [0.1, 0.15) is 6.54 Å². The van der Waals surface area contributed by atoms with Crippen LogP contribution in [0.2, 0.25) is 0 Å². The van der Waals surface area contributed by atoms with Gasteiger partial charge in [0, 0.05) is 12.0 Å². The van der Waals surface area contributed by atoms with Crippen molar-refractivity contribution in [2.24, 2.45) is 11.8 Å². The van der Waals surface area contributed by atoms with E-state index in [9.17, 15) is 9.59 Å². The molecule has 1 fully saturated rings. The third-order valence-electron chi connectivity index (χ3n) is 3.24. The Labute approximate surface area is 84.2 Å². The van der Waals surface area contributed by atoms with Crippen LogP contribution in [-0.2, 0) is 14.3 Å². The van der Waals surface area contributed by atoms with Gasteiger partial charge in [0.15, 0.2) is 0 Å². The fourth-order valence-corrected chi connectivity index (χ4v) is 1.81. The summed E-state index contributed by atoms with van der Waals surface area (Å²) in [6.45, 7) is 5.98. The maximum absolute atomic E-state index is 11.7. The lowest BCUT2D eigenvalue weighted by Gasteiger charge is -2.21. The topological polar surface area (TPSA) is 46.6 Å². The van der Waals surface area contributed by atoms with E-state index >= 15 is 0 Å². The van der Waals surface area contributed by atoms with E-state index in [1.54, 1.807) is 4.90 Å². The zero-order valence-corrected chi connectivity index (χ0v) is 9.11. The van der Waals surface area contributed by atoms with E-state index in [1.165, 1.54) is 7.11 Å². The summed E-state index contributed by atoms with van der Waals surface area (Å²) in [7, 11) is 1.33. The van der Waals surface area contributed by atoms with Gasteiger partial charge in [0.05, 0.1) is 7.11 Å². The molecule has 0 N–H and O–H groups in total. The second-order valence-corrected chi connectivity index (χ2v) is 3.93. The van der Waals surface area contributed by atoms with E-state index in [0.717, 1.165) is 0 Å². The highest BCUT2D eigenvalue weighted by atomic mass is 16.5. The maximum atomic E-state index is 11.7. The molecule has 1 heterocycles. The Hall–Kier alpha value is -1.06. The van der Waals surface area contributed by atoms with Gasteiger partial charge in [-0.2, -0.15) is 0 Å². The Kier molecular flexibility index (Phi) is 3.13. The lowest BCUT2D eigenvalue weighted by molar-refractivity contribution is -0.147. The van der Waals surface area contributed by atoms with Gasteiger partial charge < -0.3 is 9.64 Å². The first kappa shape index (κ1) is 11.0. The summed E-state index contributed by atoms with van der Waals surface area (Å²) in [5, 5.41) is 0. The van der Waals surface area contributed by atoms with Crippen LogP contribution in [0.25, 0.3) is 0 Å². The van der Waals surface area contributed by atoms with Crippen LogP contribution >= 0.6 is 0 Å². The van der Waals surface area contributed by atoms with Crippen LogP contribution in [-0.4, -0.2) is 36.5 Å². The Morgan fingerprint density at radius 3 is 2.36 bits per heavy atom. The summed E-state index contributed by atoms with van der Waals surface area (Å²) in [5.41, 5.74) is 0. The van der Waals surface area contributed by atoms with Gasteiger partial charge in [-0.3, -0.25) is 9.59 Å². The largest absolute Gasteiger partial charge is 0.468 e. The van der Waals surface area contributed by atoms with Gasteiger partial charge in [-0.15, -0.1) is 0 Å². The summed E-state index contributed by atoms with van der Waals surface area (Å²) in [4.78, 5) is 24.4. The Morgan fingerprint density at radius 1 is 1.43 bits per heavy atom. The zero-order valence-electron chi connectivity index (χ0n) is 9.11. The maximum Gasteiger partial charge on any atom is 0.325 e. The van der Waals surface area contributed by atoms with E-state index in [2.05, 4.69) is 4.74 Å². The van der Waals surface area contributed by atoms with Gasteiger partial charge >= 0.3 is 5.97 Å². The number of nitrogens with zero attached hydrogens (tertiary/aromatic N) is 1. The third kappa shape index (κ3) is 1.74. The summed E-state index contributed by atoms with van der Waals surface area (Å²) < 4.78 is 4.55. The quantitative estimate of drug-likeness (QED) is 0.614. The van der Waals surface area contributed by atoms with Gasteiger partial charge in [0.25, 0.3) is 0 Å². The molecule has 1 saturated heterocycles. The molecule has 0 aromatic rings. The van der Waals surface area contributed by atoms with Gasteiger partial charge in [-0.25, -0.2) is 0 Å². The fraction of sp³-hybridized carbons (Fsp3) is 0.800. The molecule has 1 aliphatic heterocycles. The van der Waals surface area contributed by atoms with Crippen LogP contribution in [0.15, 0.2) is 0 Å². The van der Waals surface area contributed by atoms with Crippen molar-refractivity contribution in [3.05, 3.63) is 0 Å². The van der Waals surface area contributed by atoms with Crippen molar-refractivity contribution >= 4 is 11.9 Å². The van der Waals surface area contributed by atoms with Gasteiger partial charge in [-0.1, -0.05) is 13.8 Å². The molecule has 0 bridgehead atoms. The highest BCUT2D eigenvalue weighted by Gasteiger charge is 2.41. The van der Waals surface area contributed by atoms with Crippen LogP contribution in [0, 0.1) is 11.8 Å². The van der Waals surface area contributed by atoms with Crippen molar-refractivity contribution in [3.63, 3.8) is 0 Å². The van der Waals surface area contributed by atoms with E-state index in [4.69, 9.17) is 0 Å². The number of methoxy groups -OCH3 is 1. The van der Waals surface area contributed by atoms with Crippen LogP contribution < -0.4 is 0 Å². The molecule has 1 rings (SSSR count). The molecule has 3 unspecified atom stereocenters. The summed E-state index contributed by atoms with van der Waals surface area (Å²) in [6, 6.07) is 0.122. The molecule has 0 spiro atoms. The lowest BCUT2D eigenvalue weighted by Crippen LogP contribution is -2.37. The molecule has 4 heteroatoms. The molecule has 0 aliphatic carbocycles. The first-order valence-corrected chi connectivity index (χ1v) is 4.86. The number of hydrogen-bond acceptors (Lipinski definition) is 3. The Bertz CT molecular complexity index is 252. The second-order valence-electron chi connectivity index (χ2n) is 3.93. The average Bonchev–Trinajstić information content (AvgIpc) is 2.35. The molecule has 0 aromatic carbocycles. The molecule has 1 aliphatic rings. The highest BCUT2D eigenvalue weighted by molar-refractivity contribution is 5.85. The van der Waals surface area contributed by atoms with Crippen molar-refractivity contribution in [1.82, 2.24) is 4.90 Å². The predicted octanol–water partition coefficient (Wildman–Crippen LogP) is 0.662. The van der Waals surface area contributed by atoms with E-state index < -0.39 is 0 Å². The number of hydrogen-bond donors (Lipinski definition) is 0. The van der Waals surface area contributed by atoms with Crippen molar-refractivity contribution in [2.75, 3.05) is 13.7 Å². The number of likely N-dealkylation sites (tertiary alicyclic amines) is 1. The SMILES string of the molecule is COC(=O)CN1C(=O)C(C)C(C)C1C. The summed E-state index contributed by atoms with van der Waals surface area (Å²) >= 11 is 0. The molecular weight excluding hydrogens is 182 g/mol. The average molecular weight is 199 g/mol. The van der Waals surface area contributed by atoms with Gasteiger partial charge in [0.2, 0.25) is 5.91 Å². The summed E-state index contributed by atoms with van der Waals surface area (Å²) in [5.74, 6) is 0.00344. The normalized spacial score (nSPS) is 32.1. The minimum Gasteiger partial charge on any atom is -0.468 e. The minimum absolute atomic E-state index is 0.00894. The fourth-order valence-electron chi connectivity index (χ4n) is 1.81. The molecule has 4 nitrogen and oxygen atoms in total. The van der Waals surface area contributed by atoms with Crippen LogP contribution in [0.5, 0.6) is 0 Å². The molecule has 0 radical (unpaired) electrons. The first-order valence-electron chi connectivity index (χ1n) is 4.86. The van der Waals surface area contributed by atoms with Crippen LogP contribution in [0.4, 0.5) is 0 Å². The van der Waals surface area contributed by atoms with E-state index in [0.29, 0.717) is 5.92 Å². The van der Waals surface area contributed by atoms with Crippen molar-refractivity contribution < 1.29 is 14.3 Å². The molecule has 3 atom stereocenters. The molecular formula is C10H17NO3. The predicted molar refractivity (Wildman–Crippen MR) is 51.5 cm³/mol. The number of amides is 1. The second kappa shape index (κ2) is 3.98. The third-order valence-corrected chi connectivity index (χ3v) is 3.24. The van der Waals surface area contributed by atoms with E-state index in [1.807, 2.05) is 20.8 Å². The van der Waals surface area contributed by atoms with Crippen LogP contribution in [0.3, 0.4) is 0 Å². The molecule has 1 amide bonds. The van der Waals surface area contributed by atoms with Crippen molar-refractivity contribution in [1.29, 1.82) is 0 Å². The monoisotopic (exact) mass is 199 g/mol. The zero-order chi connectivity index (χ0) is 10.9. The first-order chi connectivity index (χ1) is 6.49. The minimum atomic E-state index is -0.355. The molecule has 0 saturated carbocycles. The van der Waals surface area contributed by atoms with Gasteiger partial charge in [-0.05, 0) is 12.8 Å². The van der Waals surface area contributed by atoms with Crippen molar-refractivity contribution in [3.8, 4) is 0 Å². The lowest BCUT2D eigenvalue weighted by atomic mass is 9.95. The van der Waals surface area contributed by atoms with Crippen molar-refractivity contribution in [2.45, 2.75) is 26.8 Å².